The normalized spacial score (nSPS) is 10.8. The molecule has 0 aliphatic rings. The van der Waals surface area contributed by atoms with E-state index in [0.717, 1.165) is 28.9 Å². The van der Waals surface area contributed by atoms with Gasteiger partial charge in [0, 0.05) is 41.6 Å². The lowest BCUT2D eigenvalue weighted by Gasteiger charge is -2.12. The third kappa shape index (κ3) is 2.90. The van der Waals surface area contributed by atoms with Gasteiger partial charge in [0.2, 0.25) is 0 Å². The van der Waals surface area contributed by atoms with Crippen molar-refractivity contribution in [1.29, 1.82) is 0 Å². The highest BCUT2D eigenvalue weighted by Gasteiger charge is 2.15. The van der Waals surface area contributed by atoms with Gasteiger partial charge >= 0.3 is 0 Å². The fraction of sp³-hybridized carbons (Fsp3) is 0.136. The number of nitrogens with one attached hydrogen (secondary N) is 1. The Morgan fingerprint density at radius 2 is 1.46 bits per heavy atom. The zero-order chi connectivity index (χ0) is 17.9. The summed E-state index contributed by atoms with van der Waals surface area (Å²) in [4.78, 5) is 8.23. The van der Waals surface area contributed by atoms with Crippen LogP contribution in [0.4, 0.5) is 0 Å². The van der Waals surface area contributed by atoms with Gasteiger partial charge in [-0.25, -0.2) is 0 Å². The Bertz CT molecular complexity index is 1020. The number of pyridine rings is 2. The molecule has 3 heterocycles. The lowest BCUT2D eigenvalue weighted by Crippen LogP contribution is -1.91. The van der Waals surface area contributed by atoms with Crippen molar-refractivity contribution < 1.29 is 0 Å². The SMILES string of the molecule is CCc1cc(-c2c(-c3ccncc3)n[nH]c2C)ccc1-c1ccncc1. The van der Waals surface area contributed by atoms with E-state index in [0.29, 0.717) is 0 Å². The van der Waals surface area contributed by atoms with E-state index in [4.69, 9.17) is 0 Å². The number of hydrogen-bond acceptors (Lipinski definition) is 3. The Balaban J connectivity index is 1.84. The van der Waals surface area contributed by atoms with Crippen LogP contribution in [0.2, 0.25) is 0 Å². The molecule has 0 radical (unpaired) electrons. The summed E-state index contributed by atoms with van der Waals surface area (Å²) in [6.45, 7) is 4.26. The van der Waals surface area contributed by atoms with Crippen LogP contribution in [0.3, 0.4) is 0 Å². The number of aromatic amines is 1. The third-order valence-corrected chi connectivity index (χ3v) is 4.67. The number of aryl methyl sites for hydroxylation is 2. The fourth-order valence-electron chi connectivity index (χ4n) is 3.36. The minimum Gasteiger partial charge on any atom is -0.282 e. The van der Waals surface area contributed by atoms with Gasteiger partial charge in [0.1, 0.15) is 5.69 Å². The van der Waals surface area contributed by atoms with Crippen molar-refractivity contribution in [1.82, 2.24) is 20.2 Å². The molecule has 3 aromatic heterocycles. The van der Waals surface area contributed by atoms with Gasteiger partial charge in [-0.3, -0.25) is 15.1 Å². The second-order valence-corrected chi connectivity index (χ2v) is 6.27. The molecule has 4 nitrogen and oxygen atoms in total. The van der Waals surface area contributed by atoms with Crippen LogP contribution in [-0.4, -0.2) is 20.2 Å². The van der Waals surface area contributed by atoms with Gasteiger partial charge in [-0.1, -0.05) is 25.1 Å². The summed E-state index contributed by atoms with van der Waals surface area (Å²) in [5.74, 6) is 0. The van der Waals surface area contributed by atoms with Gasteiger partial charge < -0.3 is 0 Å². The average molecular weight is 340 g/mol. The van der Waals surface area contributed by atoms with Gasteiger partial charge in [0.15, 0.2) is 0 Å². The Morgan fingerprint density at radius 3 is 2.12 bits per heavy atom. The first kappa shape index (κ1) is 16.2. The number of H-pyrrole nitrogens is 1. The van der Waals surface area contributed by atoms with E-state index in [1.165, 1.54) is 22.3 Å². The van der Waals surface area contributed by atoms with Crippen LogP contribution in [0.15, 0.2) is 67.3 Å². The highest BCUT2D eigenvalue weighted by Crippen LogP contribution is 2.35. The summed E-state index contributed by atoms with van der Waals surface area (Å²) in [5, 5.41) is 7.68. The van der Waals surface area contributed by atoms with Gasteiger partial charge in [-0.15, -0.1) is 0 Å². The smallest absolute Gasteiger partial charge is 0.100 e. The first-order chi connectivity index (χ1) is 12.8. The molecule has 0 spiro atoms. The summed E-state index contributed by atoms with van der Waals surface area (Å²) in [7, 11) is 0. The summed E-state index contributed by atoms with van der Waals surface area (Å²) in [6.07, 6.45) is 8.24. The van der Waals surface area contributed by atoms with Crippen molar-refractivity contribution in [3.05, 3.63) is 78.5 Å². The van der Waals surface area contributed by atoms with E-state index >= 15 is 0 Å². The molecule has 0 amide bonds. The molecular weight excluding hydrogens is 320 g/mol. The molecule has 0 saturated heterocycles. The summed E-state index contributed by atoms with van der Waals surface area (Å²) < 4.78 is 0. The van der Waals surface area contributed by atoms with Crippen LogP contribution in [0.1, 0.15) is 18.2 Å². The molecular formula is C22H20N4. The maximum Gasteiger partial charge on any atom is 0.100 e. The standard InChI is InChI=1S/C22H20N4/c1-3-16-14-19(4-5-20(16)17-6-10-23-11-7-17)21-15(2)25-26-22(21)18-8-12-24-13-9-18/h4-14H,3H2,1-2H3,(H,25,26). The predicted octanol–water partition coefficient (Wildman–Crippen LogP) is 5.07. The maximum absolute atomic E-state index is 4.54. The van der Waals surface area contributed by atoms with E-state index in [-0.39, 0.29) is 0 Å². The number of nitrogens with zero attached hydrogens (tertiary/aromatic N) is 3. The molecule has 0 aliphatic heterocycles. The molecule has 4 heteroatoms. The molecule has 0 unspecified atom stereocenters. The van der Waals surface area contributed by atoms with E-state index < -0.39 is 0 Å². The van der Waals surface area contributed by atoms with Crippen molar-refractivity contribution in [2.45, 2.75) is 20.3 Å². The summed E-state index contributed by atoms with van der Waals surface area (Å²) in [5.41, 5.74) is 9.18. The number of benzene rings is 1. The lowest BCUT2D eigenvalue weighted by atomic mass is 9.92. The summed E-state index contributed by atoms with van der Waals surface area (Å²) >= 11 is 0. The average Bonchev–Trinajstić information content (AvgIpc) is 3.10. The van der Waals surface area contributed by atoms with Gasteiger partial charge in [0.05, 0.1) is 0 Å². The van der Waals surface area contributed by atoms with Crippen molar-refractivity contribution >= 4 is 0 Å². The third-order valence-electron chi connectivity index (χ3n) is 4.67. The Hall–Kier alpha value is -3.27. The highest BCUT2D eigenvalue weighted by molar-refractivity contribution is 5.84. The maximum atomic E-state index is 4.54. The first-order valence-electron chi connectivity index (χ1n) is 8.77. The van der Waals surface area contributed by atoms with Crippen LogP contribution in [0, 0.1) is 6.92 Å². The Kier molecular flexibility index (Phi) is 4.32. The Labute approximate surface area is 153 Å². The minimum atomic E-state index is 0.962. The van der Waals surface area contributed by atoms with Gasteiger partial charge in [0.25, 0.3) is 0 Å². The molecule has 0 atom stereocenters. The molecule has 0 saturated carbocycles. The topological polar surface area (TPSA) is 54.5 Å². The van der Waals surface area contributed by atoms with Crippen LogP contribution >= 0.6 is 0 Å². The molecule has 0 aliphatic carbocycles. The molecule has 0 bridgehead atoms. The van der Waals surface area contributed by atoms with E-state index in [9.17, 15) is 0 Å². The molecule has 4 rings (SSSR count). The van der Waals surface area contributed by atoms with E-state index in [2.05, 4.69) is 64.3 Å². The Morgan fingerprint density at radius 1 is 0.808 bits per heavy atom. The quantitative estimate of drug-likeness (QED) is 0.564. The molecule has 26 heavy (non-hydrogen) atoms. The van der Waals surface area contributed by atoms with Crippen molar-refractivity contribution in [2.24, 2.45) is 0 Å². The molecule has 4 aromatic rings. The lowest BCUT2D eigenvalue weighted by molar-refractivity contribution is 1.05. The number of aromatic nitrogens is 4. The number of rotatable bonds is 4. The van der Waals surface area contributed by atoms with Gasteiger partial charge in [-0.2, -0.15) is 5.10 Å². The zero-order valence-corrected chi connectivity index (χ0v) is 14.9. The van der Waals surface area contributed by atoms with Crippen LogP contribution in [0.25, 0.3) is 33.5 Å². The second-order valence-electron chi connectivity index (χ2n) is 6.27. The molecule has 0 fully saturated rings. The van der Waals surface area contributed by atoms with Crippen LogP contribution < -0.4 is 0 Å². The van der Waals surface area contributed by atoms with E-state index in [1.54, 1.807) is 12.4 Å². The highest BCUT2D eigenvalue weighted by atomic mass is 15.1. The van der Waals surface area contributed by atoms with Crippen molar-refractivity contribution in [3.63, 3.8) is 0 Å². The minimum absolute atomic E-state index is 0.962. The molecule has 1 aromatic carbocycles. The fourth-order valence-corrected chi connectivity index (χ4v) is 3.36. The molecule has 1 N–H and O–H groups in total. The zero-order valence-electron chi connectivity index (χ0n) is 14.9. The first-order valence-corrected chi connectivity index (χ1v) is 8.77. The summed E-state index contributed by atoms with van der Waals surface area (Å²) in [6, 6.07) is 14.7. The number of hydrogen-bond donors (Lipinski definition) is 1. The van der Waals surface area contributed by atoms with Crippen LogP contribution in [0.5, 0.6) is 0 Å². The van der Waals surface area contributed by atoms with Crippen molar-refractivity contribution in [2.75, 3.05) is 0 Å². The van der Waals surface area contributed by atoms with Gasteiger partial charge in [-0.05, 0) is 59.9 Å². The van der Waals surface area contributed by atoms with Crippen molar-refractivity contribution in [3.8, 4) is 33.5 Å². The van der Waals surface area contributed by atoms with E-state index in [1.807, 2.05) is 24.5 Å². The monoisotopic (exact) mass is 340 g/mol. The largest absolute Gasteiger partial charge is 0.282 e. The molecule has 128 valence electrons. The second kappa shape index (κ2) is 6.92. The van der Waals surface area contributed by atoms with Crippen LogP contribution in [-0.2, 0) is 6.42 Å². The predicted molar refractivity (Wildman–Crippen MR) is 105 cm³/mol.